The quantitative estimate of drug-likeness (QED) is 0.364. The molecule has 0 fully saturated rings. The van der Waals surface area contributed by atoms with E-state index in [4.69, 9.17) is 0 Å². The van der Waals surface area contributed by atoms with Crippen molar-refractivity contribution in [3.8, 4) is 0 Å². The number of amides is 1. The van der Waals surface area contributed by atoms with E-state index in [1.165, 1.54) is 32.1 Å². The van der Waals surface area contributed by atoms with Crippen LogP contribution >= 0.6 is 0 Å². The lowest BCUT2D eigenvalue weighted by Gasteiger charge is -2.01. The van der Waals surface area contributed by atoms with E-state index >= 15 is 0 Å². The Hall–Kier alpha value is -0.860. The van der Waals surface area contributed by atoms with E-state index in [1.54, 1.807) is 0 Å². The smallest absolute Gasteiger partial charge is 0.240 e. The molecule has 0 heterocycles. The van der Waals surface area contributed by atoms with Crippen LogP contribution in [-0.4, -0.2) is 11.6 Å². The molecule has 1 amide bonds. The predicted molar refractivity (Wildman–Crippen MR) is 69.5 cm³/mol. The molecule has 0 unspecified atom stereocenters. The van der Waals surface area contributed by atoms with Gasteiger partial charge in [0.15, 0.2) is 0 Å². The molecular weight excluding hydrogens is 200 g/mol. The molecule has 1 N–H and O–H groups in total. The molecule has 0 aromatic rings. The van der Waals surface area contributed by atoms with Gasteiger partial charge in [-0.25, -0.2) is 5.43 Å². The maximum Gasteiger partial charge on any atom is 0.240 e. The molecule has 0 radical (unpaired) electrons. The van der Waals surface area contributed by atoms with Crippen molar-refractivity contribution in [3.63, 3.8) is 0 Å². The molecule has 0 aliphatic rings. The Morgan fingerprint density at radius 1 is 1.00 bits per heavy atom. The van der Waals surface area contributed by atoms with Gasteiger partial charge in [-0.15, -0.1) is 0 Å². The van der Waals surface area contributed by atoms with Gasteiger partial charge in [-0.1, -0.05) is 45.4 Å². The molecule has 0 aromatic carbocycles. The monoisotopic (exact) mass is 226 g/mol. The summed E-state index contributed by atoms with van der Waals surface area (Å²) in [6.45, 7) is 5.96. The van der Waals surface area contributed by atoms with Gasteiger partial charge >= 0.3 is 0 Å². The van der Waals surface area contributed by atoms with E-state index in [1.807, 2.05) is 13.8 Å². The summed E-state index contributed by atoms with van der Waals surface area (Å²) in [5.74, 6) is 0.0368. The summed E-state index contributed by atoms with van der Waals surface area (Å²) in [6, 6.07) is 0. The van der Waals surface area contributed by atoms with Crippen molar-refractivity contribution in [2.45, 2.75) is 72.1 Å². The Balaban J connectivity index is 3.25. The molecule has 16 heavy (non-hydrogen) atoms. The number of carbonyl (C=O) groups excluding carboxylic acids is 1. The number of hydrogen-bond donors (Lipinski definition) is 1. The molecular formula is C13H26N2O. The fourth-order valence-electron chi connectivity index (χ4n) is 1.47. The minimum absolute atomic E-state index is 0.0368. The average Bonchev–Trinajstić information content (AvgIpc) is 2.25. The molecule has 3 nitrogen and oxygen atoms in total. The van der Waals surface area contributed by atoms with Gasteiger partial charge in [0.05, 0.1) is 0 Å². The van der Waals surface area contributed by atoms with Crippen LogP contribution in [0.4, 0.5) is 0 Å². The molecule has 0 saturated carbocycles. The number of carbonyl (C=O) groups is 1. The van der Waals surface area contributed by atoms with Gasteiger partial charge in [-0.3, -0.25) is 4.79 Å². The second-order valence-corrected chi connectivity index (χ2v) is 4.47. The molecule has 0 atom stereocenters. The molecule has 0 saturated heterocycles. The lowest BCUT2D eigenvalue weighted by atomic mass is 10.1. The third kappa shape index (κ3) is 11.2. The van der Waals surface area contributed by atoms with E-state index in [-0.39, 0.29) is 5.91 Å². The first-order valence-electron chi connectivity index (χ1n) is 6.46. The molecule has 0 spiro atoms. The first kappa shape index (κ1) is 15.1. The maximum atomic E-state index is 11.3. The molecule has 3 heteroatoms. The van der Waals surface area contributed by atoms with Crippen LogP contribution in [0.3, 0.4) is 0 Å². The Kier molecular flexibility index (Phi) is 10.1. The third-order valence-corrected chi connectivity index (χ3v) is 2.41. The lowest BCUT2D eigenvalue weighted by molar-refractivity contribution is -0.121. The van der Waals surface area contributed by atoms with Crippen LogP contribution in [0.25, 0.3) is 0 Å². The molecule has 0 aliphatic heterocycles. The first-order valence-corrected chi connectivity index (χ1v) is 6.46. The van der Waals surface area contributed by atoms with E-state index in [9.17, 15) is 4.79 Å². The number of hydrogen-bond acceptors (Lipinski definition) is 2. The van der Waals surface area contributed by atoms with E-state index in [0.717, 1.165) is 18.6 Å². The Morgan fingerprint density at radius 3 is 2.12 bits per heavy atom. The second kappa shape index (κ2) is 10.7. The van der Waals surface area contributed by atoms with Gasteiger partial charge in [0.25, 0.3) is 0 Å². The minimum atomic E-state index is 0.0368. The zero-order valence-corrected chi connectivity index (χ0v) is 11.0. The van der Waals surface area contributed by atoms with Crippen LogP contribution in [0.5, 0.6) is 0 Å². The third-order valence-electron chi connectivity index (χ3n) is 2.41. The summed E-state index contributed by atoms with van der Waals surface area (Å²) in [4.78, 5) is 11.3. The van der Waals surface area contributed by atoms with Crippen molar-refractivity contribution in [1.82, 2.24) is 5.43 Å². The lowest BCUT2D eigenvalue weighted by Crippen LogP contribution is -2.17. The highest BCUT2D eigenvalue weighted by Gasteiger charge is 1.99. The van der Waals surface area contributed by atoms with Crippen LogP contribution in [0.2, 0.25) is 0 Å². The van der Waals surface area contributed by atoms with Crippen LogP contribution in [0.15, 0.2) is 5.10 Å². The topological polar surface area (TPSA) is 41.5 Å². The molecule has 0 bridgehead atoms. The van der Waals surface area contributed by atoms with Crippen molar-refractivity contribution in [2.24, 2.45) is 5.10 Å². The fourth-order valence-corrected chi connectivity index (χ4v) is 1.47. The average molecular weight is 226 g/mol. The summed E-state index contributed by atoms with van der Waals surface area (Å²) in [6.07, 6.45) is 9.27. The van der Waals surface area contributed by atoms with E-state index < -0.39 is 0 Å². The van der Waals surface area contributed by atoms with Crippen molar-refractivity contribution < 1.29 is 4.79 Å². The zero-order chi connectivity index (χ0) is 12.2. The number of nitrogens with one attached hydrogen (secondary N) is 1. The summed E-state index contributed by atoms with van der Waals surface area (Å²) in [5, 5.41) is 3.88. The zero-order valence-electron chi connectivity index (χ0n) is 11.0. The number of hydrazone groups is 1. The minimum Gasteiger partial charge on any atom is -0.273 e. The van der Waals surface area contributed by atoms with Crippen LogP contribution < -0.4 is 5.43 Å². The molecule has 0 rings (SSSR count). The fraction of sp³-hybridized carbons (Fsp3) is 0.846. The maximum absolute atomic E-state index is 11.3. The Labute approximate surface area is 99.7 Å². The van der Waals surface area contributed by atoms with E-state index in [0.29, 0.717) is 6.42 Å². The highest BCUT2D eigenvalue weighted by Crippen LogP contribution is 2.08. The van der Waals surface area contributed by atoms with Crippen molar-refractivity contribution in [3.05, 3.63) is 0 Å². The normalized spacial score (nSPS) is 9.94. The van der Waals surface area contributed by atoms with Crippen LogP contribution in [0.1, 0.15) is 72.1 Å². The number of unbranched alkanes of at least 4 members (excludes halogenated alkanes) is 6. The van der Waals surface area contributed by atoms with Gasteiger partial charge < -0.3 is 0 Å². The highest BCUT2D eigenvalue weighted by atomic mass is 16.2. The predicted octanol–water partition coefficient (Wildman–Crippen LogP) is 3.64. The van der Waals surface area contributed by atoms with Gasteiger partial charge in [0.1, 0.15) is 0 Å². The van der Waals surface area contributed by atoms with Crippen LogP contribution in [0, 0.1) is 0 Å². The molecule has 0 aliphatic carbocycles. The number of rotatable bonds is 9. The largest absolute Gasteiger partial charge is 0.273 e. The Morgan fingerprint density at radius 2 is 1.56 bits per heavy atom. The van der Waals surface area contributed by atoms with Gasteiger partial charge in [0, 0.05) is 12.1 Å². The first-order chi connectivity index (χ1) is 7.66. The SMILES string of the molecule is CCCCCCCCCC(=O)NN=C(C)C. The summed E-state index contributed by atoms with van der Waals surface area (Å²) in [5.41, 5.74) is 3.42. The Bertz CT molecular complexity index is 208. The van der Waals surface area contributed by atoms with Gasteiger partial charge in [0.2, 0.25) is 5.91 Å². The van der Waals surface area contributed by atoms with Crippen molar-refractivity contribution in [1.29, 1.82) is 0 Å². The van der Waals surface area contributed by atoms with Gasteiger partial charge in [-0.2, -0.15) is 5.10 Å². The standard InChI is InChI=1S/C13H26N2O/c1-4-5-6-7-8-9-10-11-13(16)15-14-12(2)3/h4-11H2,1-3H3,(H,15,16). The summed E-state index contributed by atoms with van der Waals surface area (Å²) >= 11 is 0. The highest BCUT2D eigenvalue weighted by molar-refractivity contribution is 5.82. The molecule has 94 valence electrons. The summed E-state index contributed by atoms with van der Waals surface area (Å²) < 4.78 is 0. The second-order valence-electron chi connectivity index (χ2n) is 4.47. The van der Waals surface area contributed by atoms with Crippen molar-refractivity contribution in [2.75, 3.05) is 0 Å². The molecule has 0 aromatic heterocycles. The summed E-state index contributed by atoms with van der Waals surface area (Å²) in [7, 11) is 0. The van der Waals surface area contributed by atoms with E-state index in [2.05, 4.69) is 17.5 Å². The van der Waals surface area contributed by atoms with Crippen LogP contribution in [-0.2, 0) is 4.79 Å². The van der Waals surface area contributed by atoms with Gasteiger partial charge in [-0.05, 0) is 20.3 Å². The number of nitrogens with zero attached hydrogens (tertiary/aromatic N) is 1. The van der Waals surface area contributed by atoms with Crippen molar-refractivity contribution >= 4 is 11.6 Å².